The molecule has 0 atom stereocenters. The summed E-state index contributed by atoms with van der Waals surface area (Å²) >= 11 is 0. The van der Waals surface area contributed by atoms with Gasteiger partial charge in [-0.05, 0) is 25.7 Å². The van der Waals surface area contributed by atoms with E-state index in [1.165, 1.54) is 77.0 Å². The quantitative estimate of drug-likeness (QED) is 0.172. The summed E-state index contributed by atoms with van der Waals surface area (Å²) < 4.78 is 0. The van der Waals surface area contributed by atoms with Gasteiger partial charge in [0.15, 0.2) is 0 Å². The molecule has 156 valence electrons. The SMILES string of the molecule is C=CCC(CC=C)(C(=C)CCCCCCCCCCCCCCC)C(N)=O. The number of allylic oxidation sites excluding steroid dienone is 2. The van der Waals surface area contributed by atoms with Crippen molar-refractivity contribution < 1.29 is 4.79 Å². The molecule has 0 fully saturated rings. The number of carbonyl (C=O) groups excluding carboxylic acids is 1. The van der Waals surface area contributed by atoms with E-state index < -0.39 is 5.41 Å². The summed E-state index contributed by atoms with van der Waals surface area (Å²) in [5.41, 5.74) is 5.94. The Morgan fingerprint density at radius 2 is 1.15 bits per heavy atom. The Morgan fingerprint density at radius 3 is 1.48 bits per heavy atom. The van der Waals surface area contributed by atoms with E-state index in [2.05, 4.69) is 26.7 Å². The Hall–Kier alpha value is -1.31. The predicted octanol–water partition coefficient (Wildman–Crippen LogP) is 7.65. The van der Waals surface area contributed by atoms with Crippen LogP contribution in [0, 0.1) is 5.41 Å². The molecule has 2 N–H and O–H groups in total. The fraction of sp³-hybridized carbons (Fsp3) is 0.720. The fourth-order valence-corrected chi connectivity index (χ4v) is 3.84. The van der Waals surface area contributed by atoms with E-state index in [-0.39, 0.29) is 5.91 Å². The van der Waals surface area contributed by atoms with E-state index in [1.54, 1.807) is 12.2 Å². The first kappa shape index (κ1) is 25.7. The van der Waals surface area contributed by atoms with Crippen molar-refractivity contribution in [2.75, 3.05) is 0 Å². The molecule has 0 saturated carbocycles. The van der Waals surface area contributed by atoms with Crippen molar-refractivity contribution in [3.05, 3.63) is 37.5 Å². The molecule has 0 aliphatic heterocycles. The minimum absolute atomic E-state index is 0.304. The molecular weight excluding hydrogens is 330 g/mol. The van der Waals surface area contributed by atoms with Crippen LogP contribution in [0.3, 0.4) is 0 Å². The Balaban J connectivity index is 3.81. The lowest BCUT2D eigenvalue weighted by Crippen LogP contribution is -2.38. The highest BCUT2D eigenvalue weighted by molar-refractivity contribution is 5.84. The number of amides is 1. The molecule has 0 aromatic rings. The molecule has 27 heavy (non-hydrogen) atoms. The zero-order valence-electron chi connectivity index (χ0n) is 18.1. The lowest BCUT2D eigenvalue weighted by molar-refractivity contribution is -0.125. The third-order valence-corrected chi connectivity index (χ3v) is 5.72. The van der Waals surface area contributed by atoms with Crippen molar-refractivity contribution in [1.82, 2.24) is 0 Å². The highest BCUT2D eigenvalue weighted by atomic mass is 16.1. The van der Waals surface area contributed by atoms with E-state index in [0.717, 1.165) is 18.4 Å². The summed E-state index contributed by atoms with van der Waals surface area (Å²) in [6.07, 6.45) is 22.9. The van der Waals surface area contributed by atoms with Crippen molar-refractivity contribution in [3.8, 4) is 0 Å². The number of unbranched alkanes of at least 4 members (excludes halogenated alkanes) is 12. The van der Waals surface area contributed by atoms with Gasteiger partial charge in [0.05, 0.1) is 5.41 Å². The molecule has 0 spiro atoms. The molecule has 0 aliphatic carbocycles. The number of nitrogens with two attached hydrogens (primary N) is 1. The monoisotopic (exact) mass is 375 g/mol. The van der Waals surface area contributed by atoms with Gasteiger partial charge in [-0.25, -0.2) is 0 Å². The number of hydrogen-bond acceptors (Lipinski definition) is 1. The van der Waals surface area contributed by atoms with Gasteiger partial charge in [0.1, 0.15) is 0 Å². The third-order valence-electron chi connectivity index (χ3n) is 5.72. The first-order chi connectivity index (χ1) is 13.0. The smallest absolute Gasteiger partial charge is 0.228 e. The topological polar surface area (TPSA) is 43.1 Å². The zero-order chi connectivity index (χ0) is 20.4. The van der Waals surface area contributed by atoms with Crippen LogP contribution in [0.5, 0.6) is 0 Å². The lowest BCUT2D eigenvalue weighted by Gasteiger charge is -2.31. The van der Waals surface area contributed by atoms with E-state index in [9.17, 15) is 4.79 Å². The van der Waals surface area contributed by atoms with Crippen LogP contribution in [0.1, 0.15) is 110 Å². The number of carbonyl (C=O) groups is 1. The highest BCUT2D eigenvalue weighted by Gasteiger charge is 2.36. The van der Waals surface area contributed by atoms with Gasteiger partial charge in [-0.15, -0.1) is 13.2 Å². The largest absolute Gasteiger partial charge is 0.369 e. The highest BCUT2D eigenvalue weighted by Crippen LogP contribution is 2.37. The first-order valence-electron chi connectivity index (χ1n) is 11.2. The van der Waals surface area contributed by atoms with Crippen molar-refractivity contribution in [3.63, 3.8) is 0 Å². The second-order valence-electron chi connectivity index (χ2n) is 8.03. The fourth-order valence-electron chi connectivity index (χ4n) is 3.84. The van der Waals surface area contributed by atoms with Gasteiger partial charge in [0.25, 0.3) is 0 Å². The molecule has 0 aromatic heterocycles. The van der Waals surface area contributed by atoms with Gasteiger partial charge in [0, 0.05) is 0 Å². The Labute approximate surface area is 169 Å². The minimum atomic E-state index is -0.694. The summed E-state index contributed by atoms with van der Waals surface area (Å²) in [4.78, 5) is 12.0. The second kappa shape index (κ2) is 16.8. The summed E-state index contributed by atoms with van der Waals surface area (Å²) in [6, 6.07) is 0. The standard InChI is InChI=1S/C25H45NO/c1-5-8-9-10-11-12-13-14-15-16-17-18-19-20-23(4)25(21-6-2,22-7-3)24(26)27/h6-7H,2-5,8-22H2,1H3,(H2,26,27). The molecule has 0 heterocycles. The minimum Gasteiger partial charge on any atom is -0.369 e. The van der Waals surface area contributed by atoms with Gasteiger partial charge >= 0.3 is 0 Å². The Bertz CT molecular complexity index is 414. The van der Waals surface area contributed by atoms with Gasteiger partial charge < -0.3 is 5.73 Å². The molecule has 2 nitrogen and oxygen atoms in total. The van der Waals surface area contributed by atoms with Crippen molar-refractivity contribution >= 4 is 5.91 Å². The van der Waals surface area contributed by atoms with Crippen LogP contribution in [0.2, 0.25) is 0 Å². The summed E-state index contributed by atoms with van der Waals surface area (Å²) in [6.45, 7) is 14.0. The van der Waals surface area contributed by atoms with Crippen LogP contribution in [0.25, 0.3) is 0 Å². The number of hydrogen-bond donors (Lipinski definition) is 1. The third kappa shape index (κ3) is 11.2. The molecule has 0 unspecified atom stereocenters. The van der Waals surface area contributed by atoms with Crippen LogP contribution >= 0.6 is 0 Å². The molecular formula is C25H45NO. The summed E-state index contributed by atoms with van der Waals surface area (Å²) in [5, 5.41) is 0. The summed E-state index contributed by atoms with van der Waals surface area (Å²) in [7, 11) is 0. The molecule has 0 rings (SSSR count). The van der Waals surface area contributed by atoms with Crippen LogP contribution in [-0.2, 0) is 4.79 Å². The molecule has 2 heteroatoms. The maximum absolute atomic E-state index is 12.0. The first-order valence-corrected chi connectivity index (χ1v) is 11.2. The normalized spacial score (nSPS) is 11.3. The molecule has 0 bridgehead atoms. The van der Waals surface area contributed by atoms with E-state index in [4.69, 9.17) is 5.73 Å². The van der Waals surface area contributed by atoms with Crippen molar-refractivity contribution in [2.24, 2.45) is 11.1 Å². The number of primary amides is 1. The average molecular weight is 376 g/mol. The van der Waals surface area contributed by atoms with Gasteiger partial charge in [0.2, 0.25) is 5.91 Å². The molecule has 0 aliphatic rings. The van der Waals surface area contributed by atoms with E-state index in [0.29, 0.717) is 12.8 Å². The van der Waals surface area contributed by atoms with Gasteiger partial charge in [-0.2, -0.15) is 0 Å². The molecule has 0 saturated heterocycles. The van der Waals surface area contributed by atoms with Gasteiger partial charge in [-0.1, -0.05) is 108 Å². The van der Waals surface area contributed by atoms with Crippen LogP contribution in [-0.4, -0.2) is 5.91 Å². The van der Waals surface area contributed by atoms with Gasteiger partial charge in [-0.3, -0.25) is 4.79 Å². The molecule has 1 amide bonds. The Kier molecular flexibility index (Phi) is 16.0. The average Bonchev–Trinajstić information content (AvgIpc) is 2.64. The van der Waals surface area contributed by atoms with Crippen LogP contribution < -0.4 is 5.73 Å². The lowest BCUT2D eigenvalue weighted by atomic mass is 9.72. The predicted molar refractivity (Wildman–Crippen MR) is 121 cm³/mol. The molecule has 0 aromatic carbocycles. The Morgan fingerprint density at radius 1 is 0.778 bits per heavy atom. The summed E-state index contributed by atoms with van der Waals surface area (Å²) in [5.74, 6) is -0.304. The second-order valence-corrected chi connectivity index (χ2v) is 8.03. The maximum atomic E-state index is 12.0. The number of rotatable bonds is 20. The van der Waals surface area contributed by atoms with Crippen molar-refractivity contribution in [2.45, 2.75) is 110 Å². The molecule has 0 radical (unpaired) electrons. The van der Waals surface area contributed by atoms with Crippen LogP contribution in [0.4, 0.5) is 0 Å². The van der Waals surface area contributed by atoms with E-state index >= 15 is 0 Å². The zero-order valence-corrected chi connectivity index (χ0v) is 18.1. The maximum Gasteiger partial charge on any atom is 0.228 e. The van der Waals surface area contributed by atoms with E-state index in [1.807, 2.05) is 0 Å². The van der Waals surface area contributed by atoms with Crippen molar-refractivity contribution in [1.29, 1.82) is 0 Å². The van der Waals surface area contributed by atoms with Crippen LogP contribution in [0.15, 0.2) is 37.5 Å².